The van der Waals surface area contributed by atoms with E-state index in [1.807, 2.05) is 0 Å². The Labute approximate surface area is 140 Å². The summed E-state index contributed by atoms with van der Waals surface area (Å²) in [4.78, 5) is 10.3. The van der Waals surface area contributed by atoms with Crippen molar-refractivity contribution in [1.29, 1.82) is 0 Å². The van der Waals surface area contributed by atoms with Crippen molar-refractivity contribution >= 4 is 5.97 Å². The predicted molar refractivity (Wildman–Crippen MR) is 86.9 cm³/mol. The minimum Gasteiger partial charge on any atom is -0.481 e. The van der Waals surface area contributed by atoms with E-state index in [-0.39, 0.29) is 17.1 Å². The fourth-order valence-corrected chi connectivity index (χ4v) is 1.90. The number of carboxylic acid groups (broad SMARTS) is 1. The fourth-order valence-electron chi connectivity index (χ4n) is 1.90. The average Bonchev–Trinajstić information content (AvgIpc) is 2.43. The molecular weight excluding hydrogens is 312 g/mol. The van der Waals surface area contributed by atoms with E-state index < -0.39 is 5.97 Å². The first-order valence-corrected chi connectivity index (χ1v) is 7.94. The second-order valence-electron chi connectivity index (χ2n) is 4.99. The van der Waals surface area contributed by atoms with Crippen LogP contribution in [0, 0.1) is 0 Å². The summed E-state index contributed by atoms with van der Waals surface area (Å²) in [5.41, 5.74) is 0. The third-order valence-corrected chi connectivity index (χ3v) is 3.04. The van der Waals surface area contributed by atoms with Gasteiger partial charge in [-0.05, 0) is 38.5 Å². The van der Waals surface area contributed by atoms with Gasteiger partial charge in [0, 0.05) is 23.5 Å². The normalized spacial score (nSPS) is 11.5. The summed E-state index contributed by atoms with van der Waals surface area (Å²) in [6.45, 7) is 2.15. The van der Waals surface area contributed by atoms with Gasteiger partial charge < -0.3 is 5.11 Å². The first-order chi connectivity index (χ1) is 9.77. The molecule has 0 aromatic carbocycles. The standard InChI is InChI=1S/C18H30O2.Cu/c1-2-3-4-5-6-7-8-9-10-11-12-13-14-15-16-17-18(19)20;/h3-4,6-7,9-10H,2,5,8,11-17H2,1H3,(H,19,20);/b4-3-,7-6-,10-9-;. The van der Waals surface area contributed by atoms with Crippen molar-refractivity contribution < 1.29 is 27.0 Å². The van der Waals surface area contributed by atoms with Crippen LogP contribution in [0.5, 0.6) is 0 Å². The molecule has 0 aliphatic carbocycles. The largest absolute Gasteiger partial charge is 0.481 e. The van der Waals surface area contributed by atoms with Crippen LogP contribution in [-0.2, 0) is 21.9 Å². The number of carbonyl (C=O) groups is 1. The van der Waals surface area contributed by atoms with Crippen molar-refractivity contribution in [3.8, 4) is 0 Å². The van der Waals surface area contributed by atoms with Crippen molar-refractivity contribution in [3.05, 3.63) is 36.5 Å². The van der Waals surface area contributed by atoms with Gasteiger partial charge in [0.25, 0.3) is 0 Å². The molecule has 0 aliphatic heterocycles. The van der Waals surface area contributed by atoms with Crippen LogP contribution in [0.15, 0.2) is 36.5 Å². The summed E-state index contributed by atoms with van der Waals surface area (Å²) in [5.74, 6) is -0.675. The van der Waals surface area contributed by atoms with Gasteiger partial charge in [0.05, 0.1) is 0 Å². The van der Waals surface area contributed by atoms with Crippen LogP contribution in [0.2, 0.25) is 0 Å². The number of hydrogen-bond acceptors (Lipinski definition) is 1. The third kappa shape index (κ3) is 21.7. The molecule has 0 bridgehead atoms. The molecule has 0 unspecified atom stereocenters. The summed E-state index contributed by atoms with van der Waals surface area (Å²) in [7, 11) is 0. The van der Waals surface area contributed by atoms with Crippen LogP contribution in [-0.4, -0.2) is 11.1 Å². The maximum Gasteiger partial charge on any atom is 0.303 e. The molecule has 0 saturated heterocycles. The smallest absolute Gasteiger partial charge is 0.303 e. The molecule has 125 valence electrons. The van der Waals surface area contributed by atoms with Crippen LogP contribution < -0.4 is 0 Å². The van der Waals surface area contributed by atoms with Crippen molar-refractivity contribution in [2.75, 3.05) is 0 Å². The maximum absolute atomic E-state index is 10.3. The molecule has 3 heteroatoms. The Kier molecular flexibility index (Phi) is 20.6. The number of aliphatic carboxylic acids is 1. The van der Waals surface area contributed by atoms with E-state index in [0.717, 1.165) is 44.9 Å². The Hall–Kier alpha value is -0.791. The van der Waals surface area contributed by atoms with Gasteiger partial charge in [0.15, 0.2) is 0 Å². The first kappa shape index (κ1) is 22.5. The zero-order chi connectivity index (χ0) is 14.9. The molecule has 0 atom stereocenters. The van der Waals surface area contributed by atoms with Gasteiger partial charge in [0.1, 0.15) is 0 Å². The summed E-state index contributed by atoms with van der Waals surface area (Å²) in [6, 6.07) is 0. The molecule has 0 rings (SSSR count). The van der Waals surface area contributed by atoms with Gasteiger partial charge >= 0.3 is 5.97 Å². The molecule has 0 aromatic heterocycles. The summed E-state index contributed by atoms with van der Waals surface area (Å²) in [6.07, 6.45) is 23.4. The van der Waals surface area contributed by atoms with Crippen LogP contribution in [0.1, 0.15) is 71.1 Å². The Morgan fingerprint density at radius 1 is 0.810 bits per heavy atom. The van der Waals surface area contributed by atoms with E-state index in [1.54, 1.807) is 0 Å². The van der Waals surface area contributed by atoms with E-state index in [1.165, 1.54) is 12.8 Å². The summed E-state index contributed by atoms with van der Waals surface area (Å²) in [5, 5.41) is 8.50. The van der Waals surface area contributed by atoms with Crippen LogP contribution in [0.4, 0.5) is 0 Å². The molecule has 0 fully saturated rings. The molecule has 2 nitrogen and oxygen atoms in total. The molecule has 0 aliphatic rings. The number of rotatable bonds is 13. The zero-order valence-electron chi connectivity index (χ0n) is 13.2. The van der Waals surface area contributed by atoms with Crippen LogP contribution >= 0.6 is 0 Å². The van der Waals surface area contributed by atoms with Crippen molar-refractivity contribution in [2.24, 2.45) is 0 Å². The zero-order valence-corrected chi connectivity index (χ0v) is 14.1. The molecule has 0 aromatic rings. The molecule has 0 amide bonds. The van der Waals surface area contributed by atoms with E-state index >= 15 is 0 Å². The summed E-state index contributed by atoms with van der Waals surface area (Å²) < 4.78 is 0. The van der Waals surface area contributed by atoms with Gasteiger partial charge in [-0.1, -0.05) is 62.6 Å². The number of unbranched alkanes of at least 4 members (excludes halogenated alkanes) is 5. The van der Waals surface area contributed by atoms with E-state index in [0.29, 0.717) is 6.42 Å². The van der Waals surface area contributed by atoms with Gasteiger partial charge in [0.2, 0.25) is 0 Å². The topological polar surface area (TPSA) is 37.3 Å². The van der Waals surface area contributed by atoms with E-state index in [4.69, 9.17) is 5.11 Å². The number of hydrogen-bond donors (Lipinski definition) is 1. The van der Waals surface area contributed by atoms with Crippen LogP contribution in [0.3, 0.4) is 0 Å². The minimum atomic E-state index is -0.675. The Balaban J connectivity index is 0. The van der Waals surface area contributed by atoms with Crippen LogP contribution in [0.25, 0.3) is 0 Å². The quantitative estimate of drug-likeness (QED) is 0.266. The molecule has 1 radical (unpaired) electrons. The van der Waals surface area contributed by atoms with E-state index in [9.17, 15) is 4.79 Å². The third-order valence-electron chi connectivity index (χ3n) is 3.04. The monoisotopic (exact) mass is 341 g/mol. The number of allylic oxidation sites excluding steroid dienone is 6. The molecule has 1 N–H and O–H groups in total. The first-order valence-electron chi connectivity index (χ1n) is 7.94. The van der Waals surface area contributed by atoms with Gasteiger partial charge in [-0.15, -0.1) is 0 Å². The second kappa shape index (κ2) is 19.2. The molecule has 0 heterocycles. The molecular formula is C18H30CuO2. The molecule has 21 heavy (non-hydrogen) atoms. The Bertz CT molecular complexity index is 306. The Morgan fingerprint density at radius 3 is 1.95 bits per heavy atom. The second-order valence-corrected chi connectivity index (χ2v) is 4.99. The van der Waals surface area contributed by atoms with Gasteiger partial charge in [-0.2, -0.15) is 0 Å². The maximum atomic E-state index is 10.3. The van der Waals surface area contributed by atoms with Crippen molar-refractivity contribution in [3.63, 3.8) is 0 Å². The van der Waals surface area contributed by atoms with Gasteiger partial charge in [-0.25, -0.2) is 0 Å². The molecule has 0 spiro atoms. The fraction of sp³-hybridized carbons (Fsp3) is 0.611. The predicted octanol–water partition coefficient (Wildman–Crippen LogP) is 5.66. The minimum absolute atomic E-state index is 0. The van der Waals surface area contributed by atoms with Crippen molar-refractivity contribution in [2.45, 2.75) is 71.1 Å². The SMILES string of the molecule is CC/C=C\C/C=C\C/C=C\CCCCCCCC(=O)O.[Cu]. The summed E-state index contributed by atoms with van der Waals surface area (Å²) >= 11 is 0. The van der Waals surface area contributed by atoms with Crippen molar-refractivity contribution in [1.82, 2.24) is 0 Å². The molecule has 0 saturated carbocycles. The van der Waals surface area contributed by atoms with Gasteiger partial charge in [-0.3, -0.25) is 4.79 Å². The Morgan fingerprint density at radius 2 is 1.33 bits per heavy atom. The number of carboxylic acids is 1. The van der Waals surface area contributed by atoms with E-state index in [2.05, 4.69) is 43.4 Å². The average molecular weight is 342 g/mol.